The maximum absolute atomic E-state index is 12.0. The van der Waals surface area contributed by atoms with Crippen molar-refractivity contribution in [1.82, 2.24) is 5.32 Å². The molecule has 2 rings (SSSR count). The molecule has 1 amide bonds. The molecule has 1 atom stereocenters. The zero-order valence-corrected chi connectivity index (χ0v) is 14.4. The molecular formula is C18H20ClNOS. The molecule has 0 heterocycles. The van der Waals surface area contributed by atoms with Gasteiger partial charge in [-0.25, -0.2) is 0 Å². The largest absolute Gasteiger partial charge is 0.349 e. The molecule has 0 aromatic heterocycles. The quantitative estimate of drug-likeness (QED) is 0.764. The molecule has 1 N–H and O–H groups in total. The second kappa shape index (κ2) is 8.25. The molecule has 2 aromatic carbocycles. The Hall–Kier alpha value is -1.45. The van der Waals surface area contributed by atoms with Gasteiger partial charge in [0, 0.05) is 9.92 Å². The van der Waals surface area contributed by atoms with Crippen LogP contribution in [0, 0.1) is 0 Å². The molecule has 0 saturated carbocycles. The molecule has 0 spiro atoms. The molecule has 2 aromatic rings. The van der Waals surface area contributed by atoms with E-state index in [-0.39, 0.29) is 11.9 Å². The van der Waals surface area contributed by atoms with Crippen LogP contribution in [0.2, 0.25) is 5.02 Å². The number of carbonyl (C=O) groups is 1. The Morgan fingerprint density at radius 3 is 2.36 bits per heavy atom. The number of nitrogens with one attached hydrogen (secondary N) is 1. The van der Waals surface area contributed by atoms with Crippen LogP contribution < -0.4 is 5.32 Å². The van der Waals surface area contributed by atoms with Crippen LogP contribution in [-0.4, -0.2) is 11.7 Å². The third kappa shape index (κ3) is 5.08. The van der Waals surface area contributed by atoms with Crippen molar-refractivity contribution < 1.29 is 4.79 Å². The topological polar surface area (TPSA) is 29.1 Å². The third-order valence-electron chi connectivity index (χ3n) is 3.45. The fourth-order valence-electron chi connectivity index (χ4n) is 2.09. The number of thioether (sulfide) groups is 1. The van der Waals surface area contributed by atoms with E-state index in [1.165, 1.54) is 17.3 Å². The molecule has 0 saturated heterocycles. The van der Waals surface area contributed by atoms with Gasteiger partial charge in [-0.3, -0.25) is 4.79 Å². The summed E-state index contributed by atoms with van der Waals surface area (Å²) in [4.78, 5) is 13.1. The first-order chi connectivity index (χ1) is 10.6. The van der Waals surface area contributed by atoms with E-state index in [0.29, 0.717) is 10.8 Å². The average Bonchev–Trinajstić information content (AvgIpc) is 2.54. The van der Waals surface area contributed by atoms with Gasteiger partial charge in [-0.1, -0.05) is 42.8 Å². The van der Waals surface area contributed by atoms with E-state index in [0.717, 1.165) is 16.9 Å². The van der Waals surface area contributed by atoms with E-state index in [2.05, 4.69) is 36.5 Å². The third-order valence-corrected chi connectivity index (χ3v) is 4.71. The highest BCUT2D eigenvalue weighted by Crippen LogP contribution is 2.20. The zero-order valence-electron chi connectivity index (χ0n) is 12.8. The van der Waals surface area contributed by atoms with Crippen molar-refractivity contribution >= 4 is 29.3 Å². The van der Waals surface area contributed by atoms with Gasteiger partial charge in [-0.15, -0.1) is 11.8 Å². The fourth-order valence-corrected chi connectivity index (χ4v) is 2.92. The van der Waals surface area contributed by atoms with E-state index in [1.807, 2.05) is 31.2 Å². The smallest absolute Gasteiger partial charge is 0.230 e. The Morgan fingerprint density at radius 2 is 1.77 bits per heavy atom. The van der Waals surface area contributed by atoms with Gasteiger partial charge >= 0.3 is 0 Å². The van der Waals surface area contributed by atoms with Gasteiger partial charge in [0.1, 0.15) is 0 Å². The predicted molar refractivity (Wildman–Crippen MR) is 94.6 cm³/mol. The van der Waals surface area contributed by atoms with Crippen molar-refractivity contribution in [3.8, 4) is 0 Å². The molecule has 0 aliphatic rings. The Labute approximate surface area is 141 Å². The van der Waals surface area contributed by atoms with Gasteiger partial charge in [0.2, 0.25) is 5.91 Å². The lowest BCUT2D eigenvalue weighted by Gasteiger charge is -2.14. The highest BCUT2D eigenvalue weighted by atomic mass is 35.5. The molecule has 0 aliphatic heterocycles. The van der Waals surface area contributed by atoms with Crippen LogP contribution in [0.4, 0.5) is 0 Å². The van der Waals surface area contributed by atoms with Crippen LogP contribution in [-0.2, 0) is 11.2 Å². The molecule has 2 nitrogen and oxygen atoms in total. The van der Waals surface area contributed by atoms with Crippen LogP contribution in [0.1, 0.15) is 31.0 Å². The predicted octanol–water partition coefficient (Wildman–Crippen LogP) is 4.87. The SMILES string of the molecule is CCc1ccc(C(C)NC(=O)CSc2ccc(Cl)cc2)cc1. The summed E-state index contributed by atoms with van der Waals surface area (Å²) in [5, 5.41) is 3.74. The minimum absolute atomic E-state index is 0.0178. The van der Waals surface area contributed by atoms with Crippen LogP contribution >= 0.6 is 23.4 Å². The van der Waals surface area contributed by atoms with E-state index in [1.54, 1.807) is 0 Å². The summed E-state index contributed by atoms with van der Waals surface area (Å²) in [6.07, 6.45) is 1.03. The summed E-state index contributed by atoms with van der Waals surface area (Å²) in [5.41, 5.74) is 2.43. The standard InChI is InChI=1S/C18H20ClNOS/c1-3-14-4-6-15(7-5-14)13(2)20-18(21)12-22-17-10-8-16(19)9-11-17/h4-11,13H,3,12H2,1-2H3,(H,20,21). The first-order valence-electron chi connectivity index (χ1n) is 7.35. The molecular weight excluding hydrogens is 314 g/mol. The van der Waals surface area contributed by atoms with Crippen LogP contribution in [0.3, 0.4) is 0 Å². The summed E-state index contributed by atoms with van der Waals surface area (Å²) in [7, 11) is 0. The number of amides is 1. The lowest BCUT2D eigenvalue weighted by Crippen LogP contribution is -2.28. The molecule has 4 heteroatoms. The molecule has 1 unspecified atom stereocenters. The van der Waals surface area contributed by atoms with Crippen LogP contribution in [0.25, 0.3) is 0 Å². The molecule has 0 aliphatic carbocycles. The normalized spacial score (nSPS) is 12.0. The number of aryl methyl sites for hydroxylation is 1. The van der Waals surface area contributed by atoms with E-state index in [9.17, 15) is 4.79 Å². The summed E-state index contributed by atoms with van der Waals surface area (Å²) in [5.74, 6) is 0.436. The monoisotopic (exact) mass is 333 g/mol. The van der Waals surface area contributed by atoms with Gasteiger partial charge < -0.3 is 5.32 Å². The van der Waals surface area contributed by atoms with Crippen molar-refractivity contribution in [2.24, 2.45) is 0 Å². The number of rotatable bonds is 6. The fraction of sp³-hybridized carbons (Fsp3) is 0.278. The number of hydrogen-bond donors (Lipinski definition) is 1. The number of carbonyl (C=O) groups excluding carboxylic acids is 1. The maximum Gasteiger partial charge on any atom is 0.230 e. The second-order valence-electron chi connectivity index (χ2n) is 5.13. The van der Waals surface area contributed by atoms with E-state index >= 15 is 0 Å². The van der Waals surface area contributed by atoms with Crippen molar-refractivity contribution in [2.75, 3.05) is 5.75 Å². The van der Waals surface area contributed by atoms with Gasteiger partial charge in [0.15, 0.2) is 0 Å². The summed E-state index contributed by atoms with van der Waals surface area (Å²) < 4.78 is 0. The van der Waals surface area contributed by atoms with Crippen LogP contribution in [0.15, 0.2) is 53.4 Å². The first kappa shape index (κ1) is 16.9. The van der Waals surface area contributed by atoms with Gasteiger partial charge in [0.05, 0.1) is 11.8 Å². The number of benzene rings is 2. The number of hydrogen-bond acceptors (Lipinski definition) is 2. The first-order valence-corrected chi connectivity index (χ1v) is 8.71. The van der Waals surface area contributed by atoms with E-state index < -0.39 is 0 Å². The molecule has 0 bridgehead atoms. The van der Waals surface area contributed by atoms with Gasteiger partial charge in [-0.2, -0.15) is 0 Å². The summed E-state index contributed by atoms with van der Waals surface area (Å²) in [6.45, 7) is 4.14. The lowest BCUT2D eigenvalue weighted by molar-refractivity contribution is -0.119. The van der Waals surface area contributed by atoms with Gasteiger partial charge in [-0.05, 0) is 48.7 Å². The average molecular weight is 334 g/mol. The molecule has 0 radical (unpaired) electrons. The molecule has 116 valence electrons. The maximum atomic E-state index is 12.0. The van der Waals surface area contributed by atoms with Crippen molar-refractivity contribution in [1.29, 1.82) is 0 Å². The Morgan fingerprint density at radius 1 is 1.14 bits per heavy atom. The summed E-state index contributed by atoms with van der Waals surface area (Å²) >= 11 is 7.35. The second-order valence-corrected chi connectivity index (χ2v) is 6.61. The zero-order chi connectivity index (χ0) is 15.9. The minimum atomic E-state index is 0.0178. The Balaban J connectivity index is 1.83. The Kier molecular flexibility index (Phi) is 6.34. The Bertz CT molecular complexity index is 610. The highest BCUT2D eigenvalue weighted by Gasteiger charge is 2.10. The summed E-state index contributed by atoms with van der Waals surface area (Å²) in [6, 6.07) is 15.9. The van der Waals surface area contributed by atoms with E-state index in [4.69, 9.17) is 11.6 Å². The van der Waals surface area contributed by atoms with Crippen molar-refractivity contribution in [3.05, 3.63) is 64.7 Å². The molecule has 22 heavy (non-hydrogen) atoms. The van der Waals surface area contributed by atoms with Gasteiger partial charge in [0.25, 0.3) is 0 Å². The highest BCUT2D eigenvalue weighted by molar-refractivity contribution is 8.00. The van der Waals surface area contributed by atoms with Crippen LogP contribution in [0.5, 0.6) is 0 Å². The lowest BCUT2D eigenvalue weighted by atomic mass is 10.1. The van der Waals surface area contributed by atoms with Crippen molar-refractivity contribution in [2.45, 2.75) is 31.2 Å². The molecule has 0 fully saturated rings. The number of halogens is 1. The van der Waals surface area contributed by atoms with Crippen molar-refractivity contribution in [3.63, 3.8) is 0 Å². The minimum Gasteiger partial charge on any atom is -0.349 e.